The average Bonchev–Trinajstić information content (AvgIpc) is 2.45. The molecule has 20 heavy (non-hydrogen) atoms. The van der Waals surface area contributed by atoms with E-state index in [2.05, 4.69) is 5.32 Å². The third-order valence-electron chi connectivity index (χ3n) is 3.85. The third-order valence-corrected chi connectivity index (χ3v) is 3.85. The van der Waals surface area contributed by atoms with Crippen LogP contribution in [-0.4, -0.2) is 30.3 Å². The molecule has 0 aliphatic carbocycles. The molecule has 0 saturated carbocycles. The van der Waals surface area contributed by atoms with Gasteiger partial charge in [-0.1, -0.05) is 31.5 Å². The van der Waals surface area contributed by atoms with E-state index in [1.165, 1.54) is 0 Å². The largest absolute Gasteiger partial charge is 0.496 e. The molecular weight excluding hydrogens is 254 g/mol. The molecule has 0 aromatic heterocycles. The molecule has 0 heterocycles. The van der Waals surface area contributed by atoms with Gasteiger partial charge in [0.05, 0.1) is 25.7 Å². The highest BCUT2D eigenvalue weighted by Crippen LogP contribution is 2.21. The topological polar surface area (TPSA) is 58.6 Å². The minimum absolute atomic E-state index is 0.0449. The minimum atomic E-state index is -0.520. The van der Waals surface area contributed by atoms with Crippen LogP contribution in [-0.2, 0) is 11.2 Å². The third kappa shape index (κ3) is 3.97. The Kier molecular flexibility index (Phi) is 6.02. The number of amides is 1. The number of carbonyl (C=O) groups excluding carboxylic acids is 1. The summed E-state index contributed by atoms with van der Waals surface area (Å²) >= 11 is 0. The van der Waals surface area contributed by atoms with Crippen LogP contribution in [0, 0.1) is 6.92 Å². The lowest BCUT2D eigenvalue weighted by molar-refractivity contribution is -0.123. The van der Waals surface area contributed by atoms with Gasteiger partial charge in [-0.25, -0.2) is 0 Å². The van der Waals surface area contributed by atoms with Crippen molar-refractivity contribution < 1.29 is 14.6 Å². The van der Waals surface area contributed by atoms with E-state index in [1.807, 2.05) is 39.0 Å². The number of aliphatic hydroxyl groups is 1. The van der Waals surface area contributed by atoms with E-state index < -0.39 is 5.54 Å². The van der Waals surface area contributed by atoms with Gasteiger partial charge in [-0.3, -0.25) is 4.79 Å². The van der Waals surface area contributed by atoms with Gasteiger partial charge in [0.1, 0.15) is 5.75 Å². The van der Waals surface area contributed by atoms with E-state index in [4.69, 9.17) is 4.74 Å². The van der Waals surface area contributed by atoms with Crippen LogP contribution in [0.3, 0.4) is 0 Å². The van der Waals surface area contributed by atoms with Crippen LogP contribution in [0.5, 0.6) is 5.75 Å². The minimum Gasteiger partial charge on any atom is -0.496 e. The molecule has 0 radical (unpaired) electrons. The molecule has 0 saturated heterocycles. The summed E-state index contributed by atoms with van der Waals surface area (Å²) in [4.78, 5) is 12.2. The Bertz CT molecular complexity index is 445. The fraction of sp³-hybridized carbons (Fsp3) is 0.562. The lowest BCUT2D eigenvalue weighted by atomic mass is 9.93. The quantitative estimate of drug-likeness (QED) is 0.804. The van der Waals surface area contributed by atoms with Gasteiger partial charge >= 0.3 is 0 Å². The Balaban J connectivity index is 2.83. The first-order valence-electron chi connectivity index (χ1n) is 7.05. The average molecular weight is 279 g/mol. The number of hydrogen-bond acceptors (Lipinski definition) is 3. The van der Waals surface area contributed by atoms with Gasteiger partial charge in [0.15, 0.2) is 0 Å². The van der Waals surface area contributed by atoms with Gasteiger partial charge in [-0.15, -0.1) is 0 Å². The Morgan fingerprint density at radius 2 is 2.00 bits per heavy atom. The standard InChI is InChI=1S/C16H25NO3/c1-5-16(6-2,11-18)17-15(19)10-13-9-12(3)7-8-14(13)20-4/h7-9,18H,5-6,10-11H2,1-4H3,(H,17,19). The van der Waals surface area contributed by atoms with Gasteiger partial charge in [-0.2, -0.15) is 0 Å². The van der Waals surface area contributed by atoms with E-state index in [9.17, 15) is 9.90 Å². The maximum Gasteiger partial charge on any atom is 0.225 e. The van der Waals surface area contributed by atoms with Crippen molar-refractivity contribution in [3.8, 4) is 5.75 Å². The van der Waals surface area contributed by atoms with Crippen LogP contribution in [0.25, 0.3) is 0 Å². The number of aryl methyl sites for hydroxylation is 1. The van der Waals surface area contributed by atoms with Gasteiger partial charge in [0.2, 0.25) is 5.91 Å². The fourth-order valence-electron chi connectivity index (χ4n) is 2.25. The molecule has 0 unspecified atom stereocenters. The Morgan fingerprint density at radius 3 is 2.50 bits per heavy atom. The van der Waals surface area contributed by atoms with Gasteiger partial charge < -0.3 is 15.2 Å². The summed E-state index contributed by atoms with van der Waals surface area (Å²) in [5, 5.41) is 12.5. The summed E-state index contributed by atoms with van der Waals surface area (Å²) < 4.78 is 5.28. The van der Waals surface area contributed by atoms with Crippen molar-refractivity contribution in [3.63, 3.8) is 0 Å². The number of rotatable bonds is 7. The number of nitrogens with one attached hydrogen (secondary N) is 1. The zero-order chi connectivity index (χ0) is 15.2. The van der Waals surface area contributed by atoms with Crippen LogP contribution >= 0.6 is 0 Å². The van der Waals surface area contributed by atoms with E-state index in [-0.39, 0.29) is 18.9 Å². The monoisotopic (exact) mass is 279 g/mol. The van der Waals surface area contributed by atoms with E-state index >= 15 is 0 Å². The summed E-state index contributed by atoms with van der Waals surface area (Å²) in [5.74, 6) is 0.625. The van der Waals surface area contributed by atoms with Crippen molar-refractivity contribution >= 4 is 5.91 Å². The van der Waals surface area contributed by atoms with Crippen LogP contribution in [0.1, 0.15) is 37.8 Å². The zero-order valence-electron chi connectivity index (χ0n) is 12.8. The molecule has 2 N–H and O–H groups in total. The zero-order valence-corrected chi connectivity index (χ0v) is 12.8. The molecule has 1 amide bonds. The highest BCUT2D eigenvalue weighted by Gasteiger charge is 2.27. The molecule has 0 aliphatic heterocycles. The van der Waals surface area contributed by atoms with Gasteiger partial charge in [0, 0.05) is 5.56 Å². The number of ether oxygens (including phenoxy) is 1. The molecule has 0 spiro atoms. The first-order chi connectivity index (χ1) is 9.50. The number of methoxy groups -OCH3 is 1. The summed E-state index contributed by atoms with van der Waals surface area (Å²) in [6.45, 7) is 5.87. The van der Waals surface area contributed by atoms with Crippen molar-refractivity contribution in [3.05, 3.63) is 29.3 Å². The second-order valence-corrected chi connectivity index (χ2v) is 5.19. The molecule has 1 aromatic carbocycles. The smallest absolute Gasteiger partial charge is 0.225 e. The summed E-state index contributed by atoms with van der Waals surface area (Å²) in [6.07, 6.45) is 1.67. The highest BCUT2D eigenvalue weighted by atomic mass is 16.5. The summed E-state index contributed by atoms with van der Waals surface area (Å²) in [6, 6.07) is 5.78. The molecule has 0 aliphatic rings. The highest BCUT2D eigenvalue weighted by molar-refractivity contribution is 5.80. The molecular formula is C16H25NO3. The molecule has 112 valence electrons. The number of hydrogen-bond donors (Lipinski definition) is 2. The Morgan fingerprint density at radius 1 is 1.35 bits per heavy atom. The van der Waals surface area contributed by atoms with Crippen molar-refractivity contribution in [1.82, 2.24) is 5.32 Å². The van der Waals surface area contributed by atoms with Crippen LogP contribution < -0.4 is 10.1 Å². The number of benzene rings is 1. The summed E-state index contributed by atoms with van der Waals surface area (Å²) in [7, 11) is 1.60. The normalized spacial score (nSPS) is 11.2. The predicted octanol–water partition coefficient (Wildman–Crippen LogP) is 2.21. The lowest BCUT2D eigenvalue weighted by Gasteiger charge is -2.30. The van der Waals surface area contributed by atoms with Crippen molar-refractivity contribution in [2.24, 2.45) is 0 Å². The van der Waals surface area contributed by atoms with E-state index in [1.54, 1.807) is 7.11 Å². The second kappa shape index (κ2) is 7.29. The SMILES string of the molecule is CCC(CC)(CO)NC(=O)Cc1cc(C)ccc1OC. The predicted molar refractivity (Wildman–Crippen MR) is 80.0 cm³/mol. The van der Waals surface area contributed by atoms with Crippen molar-refractivity contribution in [2.45, 2.75) is 45.6 Å². The first-order valence-corrected chi connectivity index (χ1v) is 7.05. The van der Waals surface area contributed by atoms with Gasteiger partial charge in [0.25, 0.3) is 0 Å². The van der Waals surface area contributed by atoms with E-state index in [0.29, 0.717) is 18.6 Å². The Labute approximate surface area is 121 Å². The molecule has 0 fully saturated rings. The number of aliphatic hydroxyl groups excluding tert-OH is 1. The van der Waals surface area contributed by atoms with E-state index in [0.717, 1.165) is 11.1 Å². The molecule has 4 nitrogen and oxygen atoms in total. The lowest BCUT2D eigenvalue weighted by Crippen LogP contribution is -2.51. The molecule has 1 aromatic rings. The maximum absolute atomic E-state index is 12.2. The summed E-state index contributed by atoms with van der Waals surface area (Å²) in [5.41, 5.74) is 1.44. The number of carbonyl (C=O) groups is 1. The molecule has 1 rings (SSSR count). The van der Waals surface area contributed by atoms with Gasteiger partial charge in [-0.05, 0) is 25.8 Å². The van der Waals surface area contributed by atoms with Crippen LogP contribution in [0.4, 0.5) is 0 Å². The van der Waals surface area contributed by atoms with Crippen molar-refractivity contribution in [1.29, 1.82) is 0 Å². The van der Waals surface area contributed by atoms with Crippen LogP contribution in [0.2, 0.25) is 0 Å². The first kappa shape index (κ1) is 16.5. The fourth-order valence-corrected chi connectivity index (χ4v) is 2.25. The molecule has 0 atom stereocenters. The maximum atomic E-state index is 12.2. The van der Waals surface area contributed by atoms with Crippen LogP contribution in [0.15, 0.2) is 18.2 Å². The molecule has 4 heteroatoms. The Hall–Kier alpha value is -1.55. The second-order valence-electron chi connectivity index (χ2n) is 5.19. The van der Waals surface area contributed by atoms with Crippen molar-refractivity contribution in [2.75, 3.05) is 13.7 Å². The molecule has 0 bridgehead atoms.